The van der Waals surface area contributed by atoms with Crippen LogP contribution < -0.4 is 10.1 Å². The molecule has 1 amide bonds. The van der Waals surface area contributed by atoms with Gasteiger partial charge in [-0.2, -0.15) is 0 Å². The summed E-state index contributed by atoms with van der Waals surface area (Å²) in [5.41, 5.74) is 2.17. The zero-order valence-corrected chi connectivity index (χ0v) is 15.4. The number of nitrogens with zero attached hydrogens (tertiary/aromatic N) is 5. The maximum atomic E-state index is 12.4. The Morgan fingerprint density at radius 1 is 1.07 bits per heavy atom. The summed E-state index contributed by atoms with van der Waals surface area (Å²) in [5, 5.41) is 19.0. The van der Waals surface area contributed by atoms with E-state index in [1.54, 1.807) is 24.5 Å². The van der Waals surface area contributed by atoms with Crippen LogP contribution in [0, 0.1) is 0 Å². The number of hydrogen-bond donors (Lipinski definition) is 1. The van der Waals surface area contributed by atoms with Gasteiger partial charge in [-0.3, -0.25) is 4.79 Å². The van der Waals surface area contributed by atoms with E-state index in [4.69, 9.17) is 4.74 Å². The number of carbonyl (C=O) groups is 1. The molecule has 0 fully saturated rings. The monoisotopic (exact) mass is 366 g/mol. The molecule has 0 aliphatic rings. The van der Waals surface area contributed by atoms with Crippen LogP contribution in [-0.4, -0.2) is 37.5 Å². The maximum Gasteiger partial charge on any atom is 0.251 e. The molecule has 0 bridgehead atoms. The van der Waals surface area contributed by atoms with Crippen molar-refractivity contribution in [2.45, 2.75) is 33.4 Å². The molecule has 0 unspecified atom stereocenters. The van der Waals surface area contributed by atoms with E-state index in [9.17, 15) is 4.79 Å². The van der Waals surface area contributed by atoms with Gasteiger partial charge in [-0.25, -0.2) is 0 Å². The summed E-state index contributed by atoms with van der Waals surface area (Å²) in [6.07, 6.45) is 2.66. The summed E-state index contributed by atoms with van der Waals surface area (Å²) < 4.78 is 7.23. The van der Waals surface area contributed by atoms with Gasteiger partial charge in [0.05, 0.1) is 18.8 Å². The molecule has 2 aromatic heterocycles. The average Bonchev–Trinajstić information content (AvgIpc) is 3.15. The van der Waals surface area contributed by atoms with E-state index in [1.165, 1.54) is 0 Å². The quantitative estimate of drug-likeness (QED) is 0.658. The van der Waals surface area contributed by atoms with Crippen molar-refractivity contribution < 1.29 is 9.53 Å². The highest BCUT2D eigenvalue weighted by molar-refractivity contribution is 5.94. The zero-order valence-electron chi connectivity index (χ0n) is 15.4. The Bertz CT molecular complexity index is 874. The molecule has 27 heavy (non-hydrogen) atoms. The molecule has 0 aliphatic carbocycles. The molecule has 1 aromatic carbocycles. The minimum Gasteiger partial charge on any atom is -0.477 e. The van der Waals surface area contributed by atoms with Crippen LogP contribution in [0.25, 0.3) is 11.3 Å². The summed E-state index contributed by atoms with van der Waals surface area (Å²) in [4.78, 5) is 12.4. The molecule has 8 nitrogen and oxygen atoms in total. The molecule has 3 rings (SSSR count). The first-order valence-corrected chi connectivity index (χ1v) is 8.93. The second kappa shape index (κ2) is 8.88. The van der Waals surface area contributed by atoms with E-state index in [0.717, 1.165) is 30.0 Å². The van der Waals surface area contributed by atoms with Gasteiger partial charge in [0.15, 0.2) is 5.82 Å². The van der Waals surface area contributed by atoms with Crippen molar-refractivity contribution in [3.63, 3.8) is 0 Å². The molecule has 0 radical (unpaired) electrons. The molecule has 0 spiro atoms. The van der Waals surface area contributed by atoms with Gasteiger partial charge in [0, 0.05) is 23.7 Å². The van der Waals surface area contributed by atoms with Gasteiger partial charge in [0.1, 0.15) is 6.33 Å². The van der Waals surface area contributed by atoms with Crippen LogP contribution in [0.4, 0.5) is 0 Å². The maximum absolute atomic E-state index is 12.4. The van der Waals surface area contributed by atoms with Crippen molar-refractivity contribution in [3.8, 4) is 17.1 Å². The number of aromatic nitrogens is 5. The summed E-state index contributed by atoms with van der Waals surface area (Å²) in [7, 11) is 0. The largest absolute Gasteiger partial charge is 0.477 e. The third kappa shape index (κ3) is 4.66. The highest BCUT2D eigenvalue weighted by Crippen LogP contribution is 2.18. The van der Waals surface area contributed by atoms with Gasteiger partial charge >= 0.3 is 0 Å². The highest BCUT2D eigenvalue weighted by Gasteiger charge is 2.09. The molecule has 2 heterocycles. The summed E-state index contributed by atoms with van der Waals surface area (Å²) in [6, 6.07) is 10.8. The Labute approximate surface area is 157 Å². The van der Waals surface area contributed by atoms with Crippen molar-refractivity contribution in [2.75, 3.05) is 6.61 Å². The van der Waals surface area contributed by atoms with Gasteiger partial charge in [-0.1, -0.05) is 19.1 Å². The zero-order chi connectivity index (χ0) is 19.1. The molecule has 0 saturated carbocycles. The molecule has 8 heteroatoms. The first-order valence-electron chi connectivity index (χ1n) is 8.93. The van der Waals surface area contributed by atoms with E-state index in [1.807, 2.05) is 29.7 Å². The van der Waals surface area contributed by atoms with Gasteiger partial charge in [-0.05, 0) is 31.5 Å². The van der Waals surface area contributed by atoms with E-state index in [-0.39, 0.29) is 5.91 Å². The van der Waals surface area contributed by atoms with Crippen LogP contribution in [0.3, 0.4) is 0 Å². The third-order valence-corrected chi connectivity index (χ3v) is 3.94. The highest BCUT2D eigenvalue weighted by atomic mass is 16.5. The molecular weight excluding hydrogens is 344 g/mol. The molecule has 140 valence electrons. The predicted octanol–water partition coefficient (Wildman–Crippen LogP) is 2.47. The second-order valence-corrected chi connectivity index (χ2v) is 5.89. The Morgan fingerprint density at radius 2 is 1.89 bits per heavy atom. The third-order valence-electron chi connectivity index (χ3n) is 3.94. The lowest BCUT2D eigenvalue weighted by Crippen LogP contribution is -2.24. The minimum atomic E-state index is -0.162. The van der Waals surface area contributed by atoms with Crippen LogP contribution in [0.5, 0.6) is 5.88 Å². The number of aryl methyl sites for hydroxylation is 1. The van der Waals surface area contributed by atoms with Gasteiger partial charge in [0.2, 0.25) is 5.88 Å². The summed E-state index contributed by atoms with van der Waals surface area (Å²) in [6.45, 7) is 5.69. The fraction of sp³-hybridized carbons (Fsp3) is 0.316. The lowest BCUT2D eigenvalue weighted by Gasteiger charge is -2.08. The number of hydrogen-bond acceptors (Lipinski definition) is 6. The van der Waals surface area contributed by atoms with Gasteiger partial charge < -0.3 is 14.6 Å². The van der Waals surface area contributed by atoms with Crippen molar-refractivity contribution in [3.05, 3.63) is 54.1 Å². The first kappa shape index (κ1) is 18.5. The molecular formula is C19H22N6O2. The first-order chi connectivity index (χ1) is 13.2. The fourth-order valence-electron chi connectivity index (χ4n) is 2.60. The van der Waals surface area contributed by atoms with Crippen molar-refractivity contribution >= 4 is 5.91 Å². The minimum absolute atomic E-state index is 0.162. The summed E-state index contributed by atoms with van der Waals surface area (Å²) in [5.74, 6) is 1.07. The molecule has 0 saturated heterocycles. The van der Waals surface area contributed by atoms with Gasteiger partial charge in [0.25, 0.3) is 5.91 Å². The normalized spacial score (nSPS) is 10.6. The Morgan fingerprint density at radius 3 is 2.56 bits per heavy atom. The van der Waals surface area contributed by atoms with E-state index in [2.05, 4.69) is 32.6 Å². The molecule has 0 aliphatic heterocycles. The number of benzene rings is 1. The number of nitrogens with one attached hydrogen (secondary N) is 1. The molecule has 3 aromatic rings. The van der Waals surface area contributed by atoms with Crippen LogP contribution in [0.2, 0.25) is 0 Å². The average molecular weight is 366 g/mol. The number of amides is 1. The molecule has 1 N–H and O–H groups in total. The van der Waals surface area contributed by atoms with Gasteiger partial charge in [-0.15, -0.1) is 20.4 Å². The SMILES string of the molecule is CCCn1cnnc1CNC(=O)c1ccc(-c2ccc(OCC)nn2)cc1. The predicted molar refractivity (Wildman–Crippen MR) is 100 cm³/mol. The number of carbonyl (C=O) groups excluding carboxylic acids is 1. The lowest BCUT2D eigenvalue weighted by molar-refractivity contribution is 0.0949. The number of ether oxygens (including phenoxy) is 1. The van der Waals surface area contributed by atoms with Crippen LogP contribution in [0.1, 0.15) is 36.5 Å². The van der Waals surface area contributed by atoms with Crippen LogP contribution in [-0.2, 0) is 13.1 Å². The van der Waals surface area contributed by atoms with Crippen LogP contribution in [0.15, 0.2) is 42.7 Å². The topological polar surface area (TPSA) is 94.8 Å². The second-order valence-electron chi connectivity index (χ2n) is 5.89. The Balaban J connectivity index is 1.62. The Hall–Kier alpha value is -3.29. The fourth-order valence-corrected chi connectivity index (χ4v) is 2.60. The van der Waals surface area contributed by atoms with Crippen LogP contribution >= 0.6 is 0 Å². The number of rotatable bonds is 8. The van der Waals surface area contributed by atoms with Crippen molar-refractivity contribution in [2.24, 2.45) is 0 Å². The van der Waals surface area contributed by atoms with E-state index in [0.29, 0.717) is 24.6 Å². The standard InChI is InChI=1S/C19H22N6O2/c1-3-11-25-13-21-23-17(25)12-20-19(26)15-7-5-14(6-8-15)16-9-10-18(24-22-16)27-4-2/h5-10,13H,3-4,11-12H2,1-2H3,(H,20,26). The van der Waals surface area contributed by atoms with E-state index < -0.39 is 0 Å². The lowest BCUT2D eigenvalue weighted by atomic mass is 10.1. The smallest absolute Gasteiger partial charge is 0.251 e. The van der Waals surface area contributed by atoms with Crippen molar-refractivity contribution in [1.29, 1.82) is 0 Å². The Kier molecular flexibility index (Phi) is 6.09. The molecule has 0 atom stereocenters. The van der Waals surface area contributed by atoms with E-state index >= 15 is 0 Å². The summed E-state index contributed by atoms with van der Waals surface area (Å²) >= 11 is 0. The van der Waals surface area contributed by atoms with Crippen molar-refractivity contribution in [1.82, 2.24) is 30.3 Å².